The van der Waals surface area contributed by atoms with Gasteiger partial charge in [-0.3, -0.25) is 4.99 Å². The molecule has 1 fully saturated rings. The topological polar surface area (TPSA) is 75.9 Å². The fourth-order valence-corrected chi connectivity index (χ4v) is 3.53. The van der Waals surface area contributed by atoms with Crippen molar-refractivity contribution in [3.05, 3.63) is 36.9 Å². The molecule has 158 valence electrons. The van der Waals surface area contributed by atoms with Crippen molar-refractivity contribution in [1.82, 2.24) is 20.2 Å². The van der Waals surface area contributed by atoms with E-state index in [1.807, 2.05) is 31.8 Å². The second-order valence-electron chi connectivity index (χ2n) is 7.13. The van der Waals surface area contributed by atoms with Gasteiger partial charge in [-0.15, -0.1) is 0 Å². The van der Waals surface area contributed by atoms with E-state index < -0.39 is 0 Å². The summed E-state index contributed by atoms with van der Waals surface area (Å²) in [5.41, 5.74) is 1.14. The molecule has 8 heteroatoms. The minimum atomic E-state index is 0.415. The molecular weight excluding hydrogens is 368 g/mol. The number of piperidine rings is 1. The fraction of sp³-hybridized carbons (Fsp3) is 0.524. The van der Waals surface area contributed by atoms with Gasteiger partial charge in [0.15, 0.2) is 5.96 Å². The van der Waals surface area contributed by atoms with E-state index in [2.05, 4.69) is 42.2 Å². The van der Waals surface area contributed by atoms with Crippen LogP contribution in [0.2, 0.25) is 0 Å². The van der Waals surface area contributed by atoms with E-state index in [4.69, 9.17) is 9.47 Å². The molecule has 0 bridgehead atoms. The van der Waals surface area contributed by atoms with E-state index in [1.54, 1.807) is 14.2 Å². The third kappa shape index (κ3) is 6.04. The van der Waals surface area contributed by atoms with Crippen LogP contribution in [0.4, 0.5) is 5.69 Å². The third-order valence-electron chi connectivity index (χ3n) is 5.21. The molecule has 0 unspecified atom stereocenters. The van der Waals surface area contributed by atoms with Gasteiger partial charge in [-0.1, -0.05) is 0 Å². The highest BCUT2D eigenvalue weighted by Gasteiger charge is 2.21. The molecule has 1 saturated heterocycles. The lowest BCUT2D eigenvalue weighted by molar-refractivity contribution is 0.393. The smallest absolute Gasteiger partial charge is 0.191 e. The highest BCUT2D eigenvalue weighted by atomic mass is 16.5. The molecule has 0 aliphatic carbocycles. The van der Waals surface area contributed by atoms with Crippen LogP contribution in [0.1, 0.15) is 19.3 Å². The number of methoxy groups -OCH3 is 2. The molecule has 0 amide bonds. The SMILES string of the molecule is CN=C(NCCCn1ccnc1)NC1CCN(c2cc(OC)cc(OC)c2)CC1. The fourth-order valence-electron chi connectivity index (χ4n) is 3.53. The maximum atomic E-state index is 5.40. The van der Waals surface area contributed by atoms with Crippen molar-refractivity contribution < 1.29 is 9.47 Å². The number of guanidine groups is 1. The van der Waals surface area contributed by atoms with Crippen LogP contribution in [0.5, 0.6) is 11.5 Å². The van der Waals surface area contributed by atoms with Crippen LogP contribution in [0.15, 0.2) is 41.9 Å². The van der Waals surface area contributed by atoms with E-state index in [-0.39, 0.29) is 0 Å². The van der Waals surface area contributed by atoms with Crippen LogP contribution in [-0.4, -0.2) is 62.5 Å². The van der Waals surface area contributed by atoms with Crippen LogP contribution >= 0.6 is 0 Å². The van der Waals surface area contributed by atoms with E-state index in [9.17, 15) is 0 Å². The van der Waals surface area contributed by atoms with Gasteiger partial charge in [-0.25, -0.2) is 4.98 Å². The molecule has 0 atom stereocenters. The minimum Gasteiger partial charge on any atom is -0.497 e. The first kappa shape index (κ1) is 20.8. The molecule has 3 rings (SSSR count). The molecule has 0 saturated carbocycles. The van der Waals surface area contributed by atoms with Gasteiger partial charge in [0.25, 0.3) is 0 Å². The van der Waals surface area contributed by atoms with Gasteiger partial charge in [-0.2, -0.15) is 0 Å². The number of aryl methyl sites for hydroxylation is 1. The Balaban J connectivity index is 1.43. The van der Waals surface area contributed by atoms with E-state index in [1.165, 1.54) is 0 Å². The minimum absolute atomic E-state index is 0.415. The normalized spacial score (nSPS) is 15.3. The standard InChI is InChI=1S/C21H32N6O2/c1-22-21(24-7-4-9-26-12-8-23-16-26)25-17-5-10-27(11-6-17)18-13-19(28-2)15-20(14-18)29-3/h8,12-17H,4-7,9-11H2,1-3H3,(H2,22,24,25). The summed E-state index contributed by atoms with van der Waals surface area (Å²) in [6.45, 7) is 3.78. The molecule has 1 aromatic carbocycles. The van der Waals surface area contributed by atoms with Gasteiger partial charge in [-0.05, 0) is 19.3 Å². The Morgan fingerprint density at radius 3 is 2.48 bits per heavy atom. The van der Waals surface area contributed by atoms with Gasteiger partial charge in [0.05, 0.1) is 20.5 Å². The quantitative estimate of drug-likeness (QED) is 0.402. The number of ether oxygens (including phenoxy) is 2. The van der Waals surface area contributed by atoms with Crippen molar-refractivity contribution in [2.45, 2.75) is 31.8 Å². The number of anilines is 1. The summed E-state index contributed by atoms with van der Waals surface area (Å²) in [5.74, 6) is 2.51. The molecule has 29 heavy (non-hydrogen) atoms. The molecular formula is C21H32N6O2. The number of aromatic nitrogens is 2. The second kappa shape index (κ2) is 10.6. The molecule has 2 N–H and O–H groups in total. The summed E-state index contributed by atoms with van der Waals surface area (Å²) in [5, 5.41) is 6.97. The lowest BCUT2D eigenvalue weighted by Crippen LogP contribution is -2.49. The van der Waals surface area contributed by atoms with Gasteiger partial charge in [0.2, 0.25) is 0 Å². The molecule has 0 spiro atoms. The van der Waals surface area contributed by atoms with Crippen LogP contribution < -0.4 is 25.0 Å². The Kier molecular flexibility index (Phi) is 7.61. The van der Waals surface area contributed by atoms with E-state index >= 15 is 0 Å². The number of imidazole rings is 1. The van der Waals surface area contributed by atoms with E-state index in [0.29, 0.717) is 6.04 Å². The molecule has 1 aliphatic rings. The zero-order chi connectivity index (χ0) is 20.5. The van der Waals surface area contributed by atoms with Crippen molar-refractivity contribution in [2.24, 2.45) is 4.99 Å². The van der Waals surface area contributed by atoms with Crippen molar-refractivity contribution in [3.8, 4) is 11.5 Å². The largest absolute Gasteiger partial charge is 0.497 e. The first-order valence-corrected chi connectivity index (χ1v) is 10.1. The first-order valence-electron chi connectivity index (χ1n) is 10.1. The summed E-state index contributed by atoms with van der Waals surface area (Å²) < 4.78 is 12.9. The Morgan fingerprint density at radius 2 is 1.90 bits per heavy atom. The summed E-state index contributed by atoms with van der Waals surface area (Å²) in [7, 11) is 5.19. The number of aliphatic imine (C=N–C) groups is 1. The average molecular weight is 401 g/mol. The Hall–Kier alpha value is -2.90. The van der Waals surface area contributed by atoms with Gasteiger partial charge < -0.3 is 29.6 Å². The van der Waals surface area contributed by atoms with E-state index in [0.717, 1.165) is 68.6 Å². The third-order valence-corrected chi connectivity index (χ3v) is 5.21. The molecule has 2 aromatic rings. The molecule has 2 heterocycles. The first-order chi connectivity index (χ1) is 14.2. The van der Waals surface area contributed by atoms with Gasteiger partial charge >= 0.3 is 0 Å². The molecule has 1 aromatic heterocycles. The predicted octanol–water partition coefficient (Wildman–Crippen LogP) is 2.12. The highest BCUT2D eigenvalue weighted by Crippen LogP contribution is 2.30. The number of rotatable bonds is 8. The number of nitrogens with one attached hydrogen (secondary N) is 2. The van der Waals surface area contributed by atoms with Crippen molar-refractivity contribution in [1.29, 1.82) is 0 Å². The summed E-state index contributed by atoms with van der Waals surface area (Å²) in [4.78, 5) is 10.8. The van der Waals surface area contributed by atoms with Crippen molar-refractivity contribution in [2.75, 3.05) is 45.8 Å². The zero-order valence-electron chi connectivity index (χ0n) is 17.6. The molecule has 0 radical (unpaired) electrons. The van der Waals surface area contributed by atoms with Gasteiger partial charge in [0.1, 0.15) is 11.5 Å². The predicted molar refractivity (Wildman–Crippen MR) is 116 cm³/mol. The number of hydrogen-bond donors (Lipinski definition) is 2. The lowest BCUT2D eigenvalue weighted by Gasteiger charge is -2.34. The molecule has 1 aliphatic heterocycles. The lowest BCUT2D eigenvalue weighted by atomic mass is 10.0. The summed E-state index contributed by atoms with van der Waals surface area (Å²) >= 11 is 0. The monoisotopic (exact) mass is 400 g/mol. The molecule has 8 nitrogen and oxygen atoms in total. The highest BCUT2D eigenvalue weighted by molar-refractivity contribution is 5.80. The summed E-state index contributed by atoms with van der Waals surface area (Å²) in [6.07, 6.45) is 8.76. The zero-order valence-corrected chi connectivity index (χ0v) is 17.6. The van der Waals surface area contributed by atoms with Gasteiger partial charge in [0, 0.05) is 75.5 Å². The summed E-state index contributed by atoms with van der Waals surface area (Å²) in [6, 6.07) is 6.45. The second-order valence-corrected chi connectivity index (χ2v) is 7.13. The van der Waals surface area contributed by atoms with Crippen molar-refractivity contribution in [3.63, 3.8) is 0 Å². The Labute approximate surface area is 172 Å². The number of nitrogens with zero attached hydrogens (tertiary/aromatic N) is 4. The number of hydrogen-bond acceptors (Lipinski definition) is 5. The average Bonchev–Trinajstić information content (AvgIpc) is 3.29. The van der Waals surface area contributed by atoms with Crippen LogP contribution in [0.25, 0.3) is 0 Å². The number of benzene rings is 1. The van der Waals surface area contributed by atoms with Crippen molar-refractivity contribution >= 4 is 11.6 Å². The van der Waals surface area contributed by atoms with Crippen LogP contribution in [-0.2, 0) is 6.54 Å². The van der Waals surface area contributed by atoms with Crippen LogP contribution in [0, 0.1) is 0 Å². The Morgan fingerprint density at radius 1 is 1.17 bits per heavy atom. The van der Waals surface area contributed by atoms with Crippen LogP contribution in [0.3, 0.4) is 0 Å². The Bertz CT molecular complexity index is 747. The maximum absolute atomic E-state index is 5.40. The maximum Gasteiger partial charge on any atom is 0.191 e.